The molecule has 0 amide bonds. The van der Waals surface area contributed by atoms with Crippen LogP contribution in [-0.2, 0) is 9.84 Å². The molecule has 0 atom stereocenters. The molecule has 1 aliphatic rings. The number of aromatic nitrogens is 1. The first-order chi connectivity index (χ1) is 14.3. The van der Waals surface area contributed by atoms with E-state index in [0.29, 0.717) is 32.0 Å². The number of aryl methyl sites for hydroxylation is 1. The Morgan fingerprint density at radius 2 is 1.83 bits per heavy atom. The van der Waals surface area contributed by atoms with Crippen LogP contribution in [0.5, 0.6) is 0 Å². The number of benzene rings is 2. The Balaban J connectivity index is 1.49. The van der Waals surface area contributed by atoms with Gasteiger partial charge in [-0.2, -0.15) is 0 Å². The molecule has 0 unspecified atom stereocenters. The number of thiazole rings is 1. The molecule has 3 aromatic rings. The van der Waals surface area contributed by atoms with Gasteiger partial charge in [-0.3, -0.25) is 0 Å². The maximum absolute atomic E-state index is 14.0. The summed E-state index contributed by atoms with van der Waals surface area (Å²) >= 11 is 1.54. The fraction of sp³-hybridized carbons (Fsp3) is 0.318. The van der Waals surface area contributed by atoms with E-state index < -0.39 is 31.6 Å². The molecule has 2 heterocycles. The quantitative estimate of drug-likeness (QED) is 0.518. The predicted molar refractivity (Wildman–Crippen MR) is 116 cm³/mol. The number of halogens is 2. The van der Waals surface area contributed by atoms with E-state index in [1.165, 1.54) is 22.5 Å². The molecule has 0 radical (unpaired) electrons. The predicted octanol–water partition coefficient (Wildman–Crippen LogP) is 5.15. The highest BCUT2D eigenvalue weighted by Crippen LogP contribution is 2.33. The van der Waals surface area contributed by atoms with Crippen LogP contribution in [0, 0.1) is 25.5 Å². The second-order valence-electron chi connectivity index (χ2n) is 7.57. The monoisotopic (exact) mass is 448 g/mol. The fourth-order valence-electron chi connectivity index (χ4n) is 3.80. The number of rotatable bonds is 4. The molecular weight excluding hydrogens is 426 g/mol. The Kier molecular flexibility index (Phi) is 5.63. The van der Waals surface area contributed by atoms with E-state index in [1.54, 1.807) is 0 Å². The molecule has 0 saturated carbocycles. The summed E-state index contributed by atoms with van der Waals surface area (Å²) in [6.45, 7) is 5.19. The smallest absolute Gasteiger partial charge is 0.185 e. The number of sulfone groups is 1. The number of hydrogen-bond acceptors (Lipinski definition) is 5. The Morgan fingerprint density at radius 1 is 1.10 bits per heavy atom. The third kappa shape index (κ3) is 3.86. The summed E-state index contributed by atoms with van der Waals surface area (Å²) in [6.07, 6.45) is 0.745. The molecule has 0 N–H and O–H groups in total. The average Bonchev–Trinajstić information content (AvgIpc) is 3.20. The lowest BCUT2D eigenvalue weighted by Crippen LogP contribution is -2.39. The summed E-state index contributed by atoms with van der Waals surface area (Å²) in [4.78, 5) is 6.42. The van der Waals surface area contributed by atoms with Crippen molar-refractivity contribution in [3.05, 3.63) is 64.5 Å². The zero-order chi connectivity index (χ0) is 21.5. The summed E-state index contributed by atoms with van der Waals surface area (Å²) in [5.74, 6) is -1.82. The van der Waals surface area contributed by atoms with Gasteiger partial charge in [0.2, 0.25) is 0 Å². The number of nitrogens with zero attached hydrogens (tertiary/aromatic N) is 2. The number of anilines is 1. The van der Waals surface area contributed by atoms with Gasteiger partial charge in [-0.05, 0) is 49.9 Å². The zero-order valence-electron chi connectivity index (χ0n) is 16.7. The van der Waals surface area contributed by atoms with Crippen molar-refractivity contribution in [1.82, 2.24) is 4.98 Å². The maximum atomic E-state index is 14.0. The molecule has 30 heavy (non-hydrogen) atoms. The Morgan fingerprint density at radius 3 is 2.53 bits per heavy atom. The molecule has 0 spiro atoms. The van der Waals surface area contributed by atoms with Gasteiger partial charge in [0.1, 0.15) is 16.5 Å². The van der Waals surface area contributed by atoms with Crippen molar-refractivity contribution < 1.29 is 17.2 Å². The number of piperidine rings is 1. The van der Waals surface area contributed by atoms with Gasteiger partial charge < -0.3 is 4.90 Å². The second-order valence-corrected chi connectivity index (χ2v) is 10.6. The van der Waals surface area contributed by atoms with Gasteiger partial charge >= 0.3 is 0 Å². The van der Waals surface area contributed by atoms with Crippen molar-refractivity contribution in [1.29, 1.82) is 0 Å². The van der Waals surface area contributed by atoms with E-state index in [1.807, 2.05) is 11.4 Å². The zero-order valence-corrected chi connectivity index (χ0v) is 18.4. The molecular formula is C22H22F2N2O2S2. The van der Waals surface area contributed by atoms with Gasteiger partial charge in [0.25, 0.3) is 0 Å². The van der Waals surface area contributed by atoms with Crippen LogP contribution in [0.4, 0.5) is 13.9 Å². The molecule has 4 nitrogen and oxygen atoms in total. The van der Waals surface area contributed by atoms with E-state index in [-0.39, 0.29) is 0 Å². The van der Waals surface area contributed by atoms with Crippen molar-refractivity contribution in [3.8, 4) is 11.3 Å². The van der Waals surface area contributed by atoms with Gasteiger partial charge in [-0.25, -0.2) is 22.2 Å². The molecule has 2 aromatic carbocycles. The third-order valence-corrected chi connectivity index (χ3v) is 8.92. The van der Waals surface area contributed by atoms with Gasteiger partial charge in [-0.15, -0.1) is 11.3 Å². The summed E-state index contributed by atoms with van der Waals surface area (Å²) in [5.41, 5.74) is 4.42. The highest BCUT2D eigenvalue weighted by atomic mass is 32.2. The Bertz CT molecular complexity index is 1180. The first-order valence-corrected chi connectivity index (χ1v) is 12.2. The Hall–Kier alpha value is -2.32. The first-order valence-electron chi connectivity index (χ1n) is 9.73. The van der Waals surface area contributed by atoms with E-state index in [2.05, 4.69) is 30.9 Å². The van der Waals surface area contributed by atoms with Crippen molar-refractivity contribution in [3.63, 3.8) is 0 Å². The largest absolute Gasteiger partial charge is 0.348 e. The van der Waals surface area contributed by atoms with Crippen LogP contribution >= 0.6 is 11.3 Å². The minimum Gasteiger partial charge on any atom is -0.348 e. The third-order valence-electron chi connectivity index (χ3n) is 5.72. The molecule has 0 aliphatic carbocycles. The lowest BCUT2D eigenvalue weighted by atomic mass is 10.0. The van der Waals surface area contributed by atoms with Gasteiger partial charge in [0, 0.05) is 30.1 Å². The van der Waals surface area contributed by atoms with Crippen molar-refractivity contribution in [2.75, 3.05) is 18.0 Å². The normalized spacial score (nSPS) is 15.5. The summed E-state index contributed by atoms with van der Waals surface area (Å²) in [7, 11) is -3.85. The molecule has 8 heteroatoms. The first kappa shape index (κ1) is 20.9. The van der Waals surface area contributed by atoms with Crippen LogP contribution in [0.15, 0.2) is 46.7 Å². The highest BCUT2D eigenvalue weighted by Gasteiger charge is 2.34. The standard InChI is InChI=1S/C22H22F2N2O2S2/c1-14-4-3-5-18(15(14)2)20-13-29-22(25-20)26-10-8-17(9-11-26)30(27,28)21-7-6-16(23)12-19(21)24/h3-7,12-13,17H,8-11H2,1-2H3. The summed E-state index contributed by atoms with van der Waals surface area (Å²) in [6, 6.07) is 8.76. The minimum atomic E-state index is -3.85. The number of hydrogen-bond donors (Lipinski definition) is 0. The van der Waals surface area contributed by atoms with E-state index in [4.69, 9.17) is 4.98 Å². The second kappa shape index (κ2) is 8.07. The minimum absolute atomic E-state index is 0.373. The Labute approximate surface area is 179 Å². The summed E-state index contributed by atoms with van der Waals surface area (Å²) in [5, 5.41) is 2.19. The van der Waals surface area contributed by atoms with Gasteiger partial charge in [0.15, 0.2) is 15.0 Å². The van der Waals surface area contributed by atoms with E-state index in [9.17, 15) is 17.2 Å². The lowest BCUT2D eigenvalue weighted by molar-refractivity contribution is 0.516. The molecule has 158 valence electrons. The van der Waals surface area contributed by atoms with Crippen LogP contribution in [0.1, 0.15) is 24.0 Å². The van der Waals surface area contributed by atoms with Crippen LogP contribution in [-0.4, -0.2) is 31.7 Å². The molecule has 1 aliphatic heterocycles. The molecule has 4 rings (SSSR count). The van der Waals surface area contributed by atoms with Crippen LogP contribution in [0.3, 0.4) is 0 Å². The molecule has 0 bridgehead atoms. The van der Waals surface area contributed by atoms with E-state index >= 15 is 0 Å². The topological polar surface area (TPSA) is 50.3 Å². The van der Waals surface area contributed by atoms with Gasteiger partial charge in [0.05, 0.1) is 10.9 Å². The van der Waals surface area contributed by atoms with Crippen molar-refractivity contribution in [2.45, 2.75) is 36.8 Å². The van der Waals surface area contributed by atoms with Crippen LogP contribution < -0.4 is 4.90 Å². The average molecular weight is 449 g/mol. The van der Waals surface area contributed by atoms with E-state index in [0.717, 1.165) is 28.5 Å². The van der Waals surface area contributed by atoms with Crippen molar-refractivity contribution >= 4 is 26.3 Å². The van der Waals surface area contributed by atoms with Crippen molar-refractivity contribution in [2.24, 2.45) is 0 Å². The fourth-order valence-corrected chi connectivity index (χ4v) is 6.46. The van der Waals surface area contributed by atoms with Crippen LogP contribution in [0.25, 0.3) is 11.3 Å². The molecule has 1 saturated heterocycles. The SMILES string of the molecule is Cc1cccc(-c2csc(N3CCC(S(=O)(=O)c4ccc(F)cc4F)CC3)n2)c1C. The molecule has 1 fully saturated rings. The highest BCUT2D eigenvalue weighted by molar-refractivity contribution is 7.92. The summed E-state index contributed by atoms with van der Waals surface area (Å²) < 4.78 is 52.8. The molecule has 1 aromatic heterocycles. The van der Waals surface area contributed by atoms with Gasteiger partial charge in [-0.1, -0.05) is 18.2 Å². The van der Waals surface area contributed by atoms with Crippen LogP contribution in [0.2, 0.25) is 0 Å². The maximum Gasteiger partial charge on any atom is 0.185 e. The lowest BCUT2D eigenvalue weighted by Gasteiger charge is -2.31.